The maximum Gasteiger partial charge on any atom is 0.00725 e. The number of rotatable bonds is 3. The average Bonchev–Trinajstić information content (AvgIpc) is 2.28. The van der Waals surface area contributed by atoms with Crippen LogP contribution in [0, 0.1) is 17.8 Å². The van der Waals surface area contributed by atoms with Crippen LogP contribution in [0.15, 0.2) is 0 Å². The molecular formula is C12H25N. The summed E-state index contributed by atoms with van der Waals surface area (Å²) in [4.78, 5) is 0. The summed E-state index contributed by atoms with van der Waals surface area (Å²) in [7, 11) is 0. The molecule has 4 unspecified atom stereocenters. The van der Waals surface area contributed by atoms with Gasteiger partial charge in [-0.1, -0.05) is 20.8 Å². The maximum atomic E-state index is 3.62. The van der Waals surface area contributed by atoms with Crippen molar-refractivity contribution < 1.29 is 0 Å². The molecule has 1 saturated heterocycles. The molecule has 0 bridgehead atoms. The molecule has 0 amide bonds. The van der Waals surface area contributed by atoms with E-state index in [4.69, 9.17) is 0 Å². The Kier molecular flexibility index (Phi) is 3.78. The van der Waals surface area contributed by atoms with Gasteiger partial charge in [0.1, 0.15) is 0 Å². The molecule has 0 saturated carbocycles. The zero-order chi connectivity index (χ0) is 10.0. The second-order valence-electron chi connectivity index (χ2n) is 5.36. The molecular weight excluding hydrogens is 158 g/mol. The SMILES string of the molecule is CC(C)CC(C)C1CC(C)NC1C. The van der Waals surface area contributed by atoms with Crippen molar-refractivity contribution in [2.24, 2.45) is 17.8 Å². The molecule has 1 fully saturated rings. The Hall–Kier alpha value is -0.0400. The highest BCUT2D eigenvalue weighted by Gasteiger charge is 2.31. The van der Waals surface area contributed by atoms with Gasteiger partial charge in [0, 0.05) is 12.1 Å². The Morgan fingerprint density at radius 2 is 1.85 bits per heavy atom. The van der Waals surface area contributed by atoms with Crippen molar-refractivity contribution in [3.63, 3.8) is 0 Å². The van der Waals surface area contributed by atoms with Crippen molar-refractivity contribution in [2.45, 2.75) is 59.5 Å². The van der Waals surface area contributed by atoms with Gasteiger partial charge < -0.3 is 5.32 Å². The van der Waals surface area contributed by atoms with Crippen molar-refractivity contribution in [3.05, 3.63) is 0 Å². The van der Waals surface area contributed by atoms with Gasteiger partial charge in [0.2, 0.25) is 0 Å². The smallest absolute Gasteiger partial charge is 0.00725 e. The van der Waals surface area contributed by atoms with Gasteiger partial charge in [-0.25, -0.2) is 0 Å². The van der Waals surface area contributed by atoms with Gasteiger partial charge >= 0.3 is 0 Å². The van der Waals surface area contributed by atoms with Gasteiger partial charge in [-0.15, -0.1) is 0 Å². The van der Waals surface area contributed by atoms with Crippen LogP contribution in [0.3, 0.4) is 0 Å². The molecule has 0 spiro atoms. The highest BCUT2D eigenvalue weighted by molar-refractivity contribution is 4.88. The fraction of sp³-hybridized carbons (Fsp3) is 1.00. The second kappa shape index (κ2) is 4.45. The molecule has 1 aliphatic heterocycles. The van der Waals surface area contributed by atoms with Crippen LogP contribution in [0.5, 0.6) is 0 Å². The topological polar surface area (TPSA) is 12.0 Å². The summed E-state index contributed by atoms with van der Waals surface area (Å²) in [5.41, 5.74) is 0. The lowest BCUT2D eigenvalue weighted by Gasteiger charge is -2.24. The van der Waals surface area contributed by atoms with Crippen LogP contribution in [0.25, 0.3) is 0 Å². The first-order valence-corrected chi connectivity index (χ1v) is 5.76. The summed E-state index contributed by atoms with van der Waals surface area (Å²) < 4.78 is 0. The molecule has 1 rings (SSSR count). The van der Waals surface area contributed by atoms with E-state index < -0.39 is 0 Å². The van der Waals surface area contributed by atoms with Crippen LogP contribution < -0.4 is 5.32 Å². The van der Waals surface area contributed by atoms with Gasteiger partial charge in [-0.2, -0.15) is 0 Å². The largest absolute Gasteiger partial charge is 0.311 e. The molecule has 1 heterocycles. The Morgan fingerprint density at radius 3 is 2.23 bits per heavy atom. The predicted octanol–water partition coefficient (Wildman–Crippen LogP) is 3.06. The molecule has 1 heteroatoms. The third-order valence-electron chi connectivity index (χ3n) is 3.39. The standard InChI is InChI=1S/C12H25N/c1-8(2)6-9(3)12-7-10(4)13-11(12)5/h8-13H,6-7H2,1-5H3. The predicted molar refractivity (Wildman–Crippen MR) is 58.8 cm³/mol. The monoisotopic (exact) mass is 183 g/mol. The van der Waals surface area contributed by atoms with Crippen molar-refractivity contribution in [2.75, 3.05) is 0 Å². The third-order valence-corrected chi connectivity index (χ3v) is 3.39. The average molecular weight is 183 g/mol. The third kappa shape index (κ3) is 2.98. The molecule has 1 aliphatic rings. The molecule has 0 aromatic carbocycles. The Balaban J connectivity index is 2.42. The molecule has 1 N–H and O–H groups in total. The quantitative estimate of drug-likeness (QED) is 0.709. The first-order chi connectivity index (χ1) is 6.00. The highest BCUT2D eigenvalue weighted by atomic mass is 15.0. The van der Waals surface area contributed by atoms with E-state index >= 15 is 0 Å². The summed E-state index contributed by atoms with van der Waals surface area (Å²) in [6.07, 6.45) is 2.75. The number of hydrogen-bond donors (Lipinski definition) is 1. The molecule has 0 radical (unpaired) electrons. The first-order valence-electron chi connectivity index (χ1n) is 5.76. The normalized spacial score (nSPS) is 36.9. The summed E-state index contributed by atoms with van der Waals surface area (Å²) in [5.74, 6) is 2.63. The molecule has 13 heavy (non-hydrogen) atoms. The van der Waals surface area contributed by atoms with Crippen LogP contribution in [0.4, 0.5) is 0 Å². The molecule has 78 valence electrons. The van der Waals surface area contributed by atoms with Gasteiger partial charge in [-0.3, -0.25) is 0 Å². The lowest BCUT2D eigenvalue weighted by molar-refractivity contribution is 0.285. The van der Waals surface area contributed by atoms with E-state index in [1.165, 1.54) is 12.8 Å². The van der Waals surface area contributed by atoms with Crippen LogP contribution in [0.2, 0.25) is 0 Å². The Labute approximate surface area is 83.3 Å². The van der Waals surface area contributed by atoms with Crippen LogP contribution in [0.1, 0.15) is 47.5 Å². The fourth-order valence-electron chi connectivity index (χ4n) is 2.90. The van der Waals surface area contributed by atoms with Crippen LogP contribution in [-0.2, 0) is 0 Å². The zero-order valence-electron chi connectivity index (χ0n) is 9.80. The number of hydrogen-bond acceptors (Lipinski definition) is 1. The van der Waals surface area contributed by atoms with E-state index in [2.05, 4.69) is 39.9 Å². The highest BCUT2D eigenvalue weighted by Crippen LogP contribution is 2.31. The van der Waals surface area contributed by atoms with Gasteiger partial charge in [0.25, 0.3) is 0 Å². The lowest BCUT2D eigenvalue weighted by atomic mass is 9.82. The van der Waals surface area contributed by atoms with E-state index in [0.29, 0.717) is 0 Å². The van der Waals surface area contributed by atoms with E-state index in [9.17, 15) is 0 Å². The van der Waals surface area contributed by atoms with E-state index in [-0.39, 0.29) is 0 Å². The zero-order valence-corrected chi connectivity index (χ0v) is 9.80. The second-order valence-corrected chi connectivity index (χ2v) is 5.36. The van der Waals surface area contributed by atoms with E-state index in [0.717, 1.165) is 29.8 Å². The lowest BCUT2D eigenvalue weighted by Crippen LogP contribution is -2.29. The summed E-state index contributed by atoms with van der Waals surface area (Å²) in [6.45, 7) is 11.7. The summed E-state index contributed by atoms with van der Waals surface area (Å²) >= 11 is 0. The Bertz CT molecular complexity index is 153. The van der Waals surface area contributed by atoms with Crippen molar-refractivity contribution in [1.82, 2.24) is 5.32 Å². The molecule has 0 aromatic heterocycles. The van der Waals surface area contributed by atoms with E-state index in [1.807, 2.05) is 0 Å². The summed E-state index contributed by atoms with van der Waals surface area (Å²) in [5, 5.41) is 3.62. The first kappa shape index (κ1) is 11.0. The fourth-order valence-corrected chi connectivity index (χ4v) is 2.90. The van der Waals surface area contributed by atoms with Crippen LogP contribution >= 0.6 is 0 Å². The van der Waals surface area contributed by atoms with Crippen molar-refractivity contribution in [3.8, 4) is 0 Å². The molecule has 0 aromatic rings. The Morgan fingerprint density at radius 1 is 1.23 bits per heavy atom. The number of nitrogens with one attached hydrogen (secondary N) is 1. The minimum atomic E-state index is 0.726. The van der Waals surface area contributed by atoms with Gasteiger partial charge in [-0.05, 0) is 44.4 Å². The van der Waals surface area contributed by atoms with Crippen molar-refractivity contribution in [1.29, 1.82) is 0 Å². The minimum Gasteiger partial charge on any atom is -0.311 e. The van der Waals surface area contributed by atoms with Crippen molar-refractivity contribution >= 4 is 0 Å². The minimum absolute atomic E-state index is 0.726. The van der Waals surface area contributed by atoms with E-state index in [1.54, 1.807) is 0 Å². The van der Waals surface area contributed by atoms with Gasteiger partial charge in [0.05, 0.1) is 0 Å². The maximum absolute atomic E-state index is 3.62. The molecule has 1 nitrogen and oxygen atoms in total. The molecule has 0 aliphatic carbocycles. The van der Waals surface area contributed by atoms with Crippen LogP contribution in [-0.4, -0.2) is 12.1 Å². The summed E-state index contributed by atoms with van der Waals surface area (Å²) in [6, 6.07) is 1.46. The molecule has 4 atom stereocenters. The van der Waals surface area contributed by atoms with Gasteiger partial charge in [0.15, 0.2) is 0 Å².